The normalized spacial score (nSPS) is 29.0. The highest BCUT2D eigenvalue weighted by atomic mass is 16.4. The minimum Gasteiger partial charge on any atom is -0.481 e. The summed E-state index contributed by atoms with van der Waals surface area (Å²) in [5.74, 6) is -2.73. The number of hydrogen-bond acceptors (Lipinski definition) is 2. The summed E-state index contributed by atoms with van der Waals surface area (Å²) in [7, 11) is 0. The Kier molecular flexibility index (Phi) is 3.21. The zero-order valence-electron chi connectivity index (χ0n) is 9.60. The van der Waals surface area contributed by atoms with Crippen molar-refractivity contribution in [2.24, 2.45) is 17.3 Å². The van der Waals surface area contributed by atoms with Crippen LogP contribution < -0.4 is 0 Å². The molecule has 1 rings (SSSR count). The monoisotopic (exact) mass is 224 g/mol. The largest absolute Gasteiger partial charge is 0.481 e. The van der Waals surface area contributed by atoms with Crippen LogP contribution in [0.2, 0.25) is 0 Å². The van der Waals surface area contributed by atoms with Crippen molar-refractivity contribution in [3.63, 3.8) is 0 Å². The van der Waals surface area contributed by atoms with E-state index in [1.54, 1.807) is 26.8 Å². The van der Waals surface area contributed by atoms with Crippen molar-refractivity contribution in [1.29, 1.82) is 0 Å². The summed E-state index contributed by atoms with van der Waals surface area (Å²) in [5.41, 5.74) is -0.971. The maximum atomic E-state index is 11.4. The maximum Gasteiger partial charge on any atom is 0.331 e. The van der Waals surface area contributed by atoms with E-state index in [-0.39, 0.29) is 11.5 Å². The summed E-state index contributed by atoms with van der Waals surface area (Å²) in [6.45, 7) is 5.23. The molecular weight excluding hydrogens is 208 g/mol. The van der Waals surface area contributed by atoms with E-state index in [0.717, 1.165) is 0 Å². The second-order valence-corrected chi connectivity index (χ2v) is 4.40. The fraction of sp³-hybridized carbons (Fsp3) is 0.500. The fourth-order valence-corrected chi connectivity index (χ4v) is 2.31. The van der Waals surface area contributed by atoms with E-state index in [2.05, 4.69) is 0 Å². The van der Waals surface area contributed by atoms with Crippen molar-refractivity contribution >= 4 is 11.9 Å². The van der Waals surface area contributed by atoms with Crippen LogP contribution in [0.3, 0.4) is 0 Å². The van der Waals surface area contributed by atoms with Crippen LogP contribution in [0.1, 0.15) is 20.8 Å². The third kappa shape index (κ3) is 1.64. The molecule has 0 saturated carbocycles. The molecule has 1 aliphatic carbocycles. The van der Waals surface area contributed by atoms with Crippen molar-refractivity contribution < 1.29 is 19.8 Å². The van der Waals surface area contributed by atoms with E-state index < -0.39 is 23.3 Å². The molecule has 0 aromatic rings. The number of aliphatic carboxylic acids is 2. The van der Waals surface area contributed by atoms with Crippen LogP contribution in [0.25, 0.3) is 0 Å². The van der Waals surface area contributed by atoms with Crippen LogP contribution >= 0.6 is 0 Å². The van der Waals surface area contributed by atoms with Crippen LogP contribution in [0.15, 0.2) is 23.8 Å². The van der Waals surface area contributed by atoms with Gasteiger partial charge in [0.05, 0.1) is 5.41 Å². The second-order valence-electron chi connectivity index (χ2n) is 4.40. The average Bonchev–Trinajstić information content (AvgIpc) is 2.16. The molecule has 0 spiro atoms. The Morgan fingerprint density at radius 1 is 1.38 bits per heavy atom. The Hall–Kier alpha value is -1.58. The Morgan fingerprint density at radius 3 is 2.31 bits per heavy atom. The average molecular weight is 224 g/mol. The SMILES string of the molecule is CC(C)C1(C(=O)O)C=CC=C(C(=O)O)C1C. The van der Waals surface area contributed by atoms with E-state index in [9.17, 15) is 14.7 Å². The van der Waals surface area contributed by atoms with Gasteiger partial charge in [-0.2, -0.15) is 0 Å². The molecule has 0 fully saturated rings. The molecular formula is C12H16O4. The molecule has 16 heavy (non-hydrogen) atoms. The lowest BCUT2D eigenvalue weighted by molar-refractivity contribution is -0.151. The van der Waals surface area contributed by atoms with Gasteiger partial charge in [-0.15, -0.1) is 0 Å². The van der Waals surface area contributed by atoms with Gasteiger partial charge < -0.3 is 10.2 Å². The van der Waals surface area contributed by atoms with Crippen LogP contribution in [0.4, 0.5) is 0 Å². The number of rotatable bonds is 3. The maximum absolute atomic E-state index is 11.4. The van der Waals surface area contributed by atoms with E-state index >= 15 is 0 Å². The lowest BCUT2D eigenvalue weighted by Gasteiger charge is -2.38. The fourth-order valence-electron chi connectivity index (χ4n) is 2.31. The summed E-state index contributed by atoms with van der Waals surface area (Å²) in [5, 5.41) is 18.4. The van der Waals surface area contributed by atoms with E-state index in [4.69, 9.17) is 5.11 Å². The van der Waals surface area contributed by atoms with Gasteiger partial charge >= 0.3 is 11.9 Å². The Morgan fingerprint density at radius 2 is 1.94 bits per heavy atom. The molecule has 0 aromatic heterocycles. The van der Waals surface area contributed by atoms with Gasteiger partial charge in [0.15, 0.2) is 0 Å². The molecule has 0 radical (unpaired) electrons. The van der Waals surface area contributed by atoms with Gasteiger partial charge in [0.1, 0.15) is 0 Å². The summed E-state index contributed by atoms with van der Waals surface area (Å²) >= 11 is 0. The molecule has 2 atom stereocenters. The number of carboxylic acids is 2. The van der Waals surface area contributed by atoms with Gasteiger partial charge in [-0.3, -0.25) is 4.79 Å². The first-order valence-electron chi connectivity index (χ1n) is 5.20. The number of carbonyl (C=O) groups is 2. The van der Waals surface area contributed by atoms with Crippen LogP contribution in [0, 0.1) is 17.3 Å². The predicted octanol–water partition coefficient (Wildman–Crippen LogP) is 1.93. The van der Waals surface area contributed by atoms with Gasteiger partial charge in [-0.05, 0) is 5.92 Å². The molecule has 0 saturated heterocycles. The van der Waals surface area contributed by atoms with Gasteiger partial charge in [0, 0.05) is 11.5 Å². The number of hydrogen-bond donors (Lipinski definition) is 2. The Bertz CT molecular complexity index is 378. The molecule has 0 amide bonds. The van der Waals surface area contributed by atoms with Gasteiger partial charge in [-0.1, -0.05) is 39.0 Å². The van der Waals surface area contributed by atoms with Crippen molar-refractivity contribution in [2.45, 2.75) is 20.8 Å². The third-order valence-electron chi connectivity index (χ3n) is 3.40. The third-order valence-corrected chi connectivity index (χ3v) is 3.40. The highest BCUT2D eigenvalue weighted by molar-refractivity contribution is 5.91. The summed E-state index contributed by atoms with van der Waals surface area (Å²) in [4.78, 5) is 22.4. The van der Waals surface area contributed by atoms with Gasteiger partial charge in [0.25, 0.3) is 0 Å². The Balaban J connectivity index is 3.27. The summed E-state index contributed by atoms with van der Waals surface area (Å²) in [6, 6.07) is 0. The van der Waals surface area contributed by atoms with Crippen molar-refractivity contribution in [2.75, 3.05) is 0 Å². The minimum absolute atomic E-state index is 0.151. The quantitative estimate of drug-likeness (QED) is 0.768. The molecule has 0 aliphatic heterocycles. The van der Waals surface area contributed by atoms with Crippen LogP contribution in [0.5, 0.6) is 0 Å². The molecule has 88 valence electrons. The highest BCUT2D eigenvalue weighted by Gasteiger charge is 2.48. The molecule has 4 heteroatoms. The topological polar surface area (TPSA) is 74.6 Å². The molecule has 2 N–H and O–H groups in total. The van der Waals surface area contributed by atoms with E-state index in [1.165, 1.54) is 12.2 Å². The van der Waals surface area contributed by atoms with Crippen molar-refractivity contribution in [3.05, 3.63) is 23.8 Å². The standard InChI is InChI=1S/C12H16O4/c1-7(2)12(11(15)16)6-4-5-9(8(12)3)10(13)14/h4-8H,1-3H3,(H,13,14)(H,15,16). The first-order valence-corrected chi connectivity index (χ1v) is 5.20. The first kappa shape index (κ1) is 12.5. The molecule has 0 heterocycles. The first-order chi connectivity index (χ1) is 7.34. The molecule has 0 bridgehead atoms. The molecule has 0 aromatic carbocycles. The van der Waals surface area contributed by atoms with Crippen LogP contribution in [-0.2, 0) is 9.59 Å². The van der Waals surface area contributed by atoms with Crippen molar-refractivity contribution in [1.82, 2.24) is 0 Å². The number of carboxylic acid groups (broad SMARTS) is 2. The minimum atomic E-state index is -1.12. The lowest BCUT2D eigenvalue weighted by Crippen LogP contribution is -2.43. The Labute approximate surface area is 94.3 Å². The smallest absolute Gasteiger partial charge is 0.331 e. The second kappa shape index (κ2) is 4.12. The predicted molar refractivity (Wildman–Crippen MR) is 58.9 cm³/mol. The molecule has 2 unspecified atom stereocenters. The van der Waals surface area contributed by atoms with E-state index in [1.807, 2.05) is 0 Å². The van der Waals surface area contributed by atoms with E-state index in [0.29, 0.717) is 0 Å². The van der Waals surface area contributed by atoms with Gasteiger partial charge in [-0.25, -0.2) is 4.79 Å². The summed E-state index contributed by atoms with van der Waals surface area (Å²) < 4.78 is 0. The molecule has 1 aliphatic rings. The summed E-state index contributed by atoms with van der Waals surface area (Å²) in [6.07, 6.45) is 4.59. The molecule has 4 nitrogen and oxygen atoms in total. The van der Waals surface area contributed by atoms with Crippen molar-refractivity contribution in [3.8, 4) is 0 Å². The van der Waals surface area contributed by atoms with Gasteiger partial charge in [0.2, 0.25) is 0 Å². The van der Waals surface area contributed by atoms with Crippen LogP contribution in [-0.4, -0.2) is 22.2 Å². The highest BCUT2D eigenvalue weighted by Crippen LogP contribution is 2.43. The zero-order valence-corrected chi connectivity index (χ0v) is 9.60. The zero-order chi connectivity index (χ0) is 12.5. The number of allylic oxidation sites excluding steroid dienone is 2. The lowest BCUT2D eigenvalue weighted by atomic mass is 9.64.